The first-order valence-corrected chi connectivity index (χ1v) is 7.10. The molecule has 0 aliphatic rings. The predicted molar refractivity (Wildman–Crippen MR) is 75.1 cm³/mol. The van der Waals surface area contributed by atoms with E-state index < -0.39 is 5.54 Å². The minimum atomic E-state index is -0.752. The van der Waals surface area contributed by atoms with E-state index in [2.05, 4.69) is 23.2 Å². The number of hydrogen-bond acceptors (Lipinski definition) is 4. The van der Waals surface area contributed by atoms with E-state index in [4.69, 9.17) is 11.0 Å². The van der Waals surface area contributed by atoms with Crippen molar-refractivity contribution in [2.24, 2.45) is 16.0 Å². The fraction of sp³-hybridized carbons (Fsp3) is 0.929. The van der Waals surface area contributed by atoms with Gasteiger partial charge in [-0.15, -0.1) is 0 Å². The van der Waals surface area contributed by atoms with Crippen molar-refractivity contribution in [2.75, 3.05) is 0 Å². The molecule has 0 aliphatic heterocycles. The zero-order valence-corrected chi connectivity index (χ0v) is 12.2. The van der Waals surface area contributed by atoms with E-state index in [1.807, 2.05) is 0 Å². The molecule has 4 nitrogen and oxygen atoms in total. The number of rotatable bonds is 10. The maximum Gasteiger partial charge on any atom is 0.162 e. The van der Waals surface area contributed by atoms with E-state index in [1.165, 1.54) is 38.5 Å². The molecule has 2 N–H and O–H groups in total. The fourth-order valence-corrected chi connectivity index (χ4v) is 1.61. The Balaban J connectivity index is 3.54. The highest BCUT2D eigenvalue weighted by Crippen LogP contribution is 2.11. The van der Waals surface area contributed by atoms with Gasteiger partial charge in [0.05, 0.1) is 6.07 Å². The second-order valence-corrected chi connectivity index (χ2v) is 5.36. The molecule has 0 bridgehead atoms. The van der Waals surface area contributed by atoms with Gasteiger partial charge in [-0.2, -0.15) is 15.5 Å². The van der Waals surface area contributed by atoms with Crippen molar-refractivity contribution < 1.29 is 0 Å². The Bertz CT molecular complexity index is 265. The summed E-state index contributed by atoms with van der Waals surface area (Å²) in [4.78, 5) is 0. The Labute approximate surface area is 112 Å². The third kappa shape index (κ3) is 10.2. The third-order valence-corrected chi connectivity index (χ3v) is 2.83. The van der Waals surface area contributed by atoms with Gasteiger partial charge in [-0.25, -0.2) is 0 Å². The number of hydrogen-bond donors (Lipinski definition) is 1. The molecule has 0 saturated heterocycles. The van der Waals surface area contributed by atoms with Gasteiger partial charge in [0.2, 0.25) is 0 Å². The lowest BCUT2D eigenvalue weighted by molar-refractivity contribution is 0.504. The maximum absolute atomic E-state index is 8.78. The van der Waals surface area contributed by atoms with Gasteiger partial charge in [-0.3, -0.25) is 0 Å². The minimum Gasteiger partial charge on any atom is -0.308 e. The van der Waals surface area contributed by atoms with Crippen LogP contribution >= 0.6 is 0 Å². The Kier molecular flexibility index (Phi) is 9.49. The molecule has 0 rings (SSSR count). The molecule has 0 fully saturated rings. The highest BCUT2D eigenvalue weighted by atomic mass is 15.2. The van der Waals surface area contributed by atoms with Crippen LogP contribution in [-0.2, 0) is 0 Å². The zero-order chi connectivity index (χ0) is 13.9. The maximum atomic E-state index is 8.78. The molecule has 0 heterocycles. The molecule has 0 amide bonds. The second-order valence-electron chi connectivity index (χ2n) is 5.36. The van der Waals surface area contributed by atoms with Crippen LogP contribution in [0.15, 0.2) is 10.2 Å². The largest absolute Gasteiger partial charge is 0.308 e. The van der Waals surface area contributed by atoms with Gasteiger partial charge >= 0.3 is 0 Å². The number of nitrogens with two attached hydrogens (primary N) is 1. The molecule has 0 aromatic rings. The van der Waals surface area contributed by atoms with Crippen molar-refractivity contribution in [1.82, 2.24) is 0 Å². The number of nitrogens with zero attached hydrogens (tertiary/aromatic N) is 3. The predicted octanol–water partition coefficient (Wildman–Crippen LogP) is 4.17. The normalized spacial score (nSPS) is 13.7. The molecule has 4 heteroatoms. The molecule has 1 atom stereocenters. The van der Waals surface area contributed by atoms with Crippen LogP contribution in [0.1, 0.15) is 72.1 Å². The van der Waals surface area contributed by atoms with E-state index in [-0.39, 0.29) is 6.17 Å². The lowest BCUT2D eigenvalue weighted by Crippen LogP contribution is -2.19. The van der Waals surface area contributed by atoms with Gasteiger partial charge in [0, 0.05) is 0 Å². The van der Waals surface area contributed by atoms with Crippen molar-refractivity contribution in [3.63, 3.8) is 0 Å². The molecule has 0 spiro atoms. The van der Waals surface area contributed by atoms with Crippen LogP contribution in [-0.4, -0.2) is 11.7 Å². The Morgan fingerprint density at radius 3 is 2.22 bits per heavy atom. The Hall–Kier alpha value is -0.950. The standard InChI is InChI=1S/C14H28N4/c1-4-5-6-7-8-9-10-11-13(16)17-18-14(2,3)12-15/h13H,4-11,16H2,1-3H3. The monoisotopic (exact) mass is 252 g/mol. The molecule has 0 saturated carbocycles. The average molecular weight is 252 g/mol. The van der Waals surface area contributed by atoms with Crippen LogP contribution in [0.2, 0.25) is 0 Å². The summed E-state index contributed by atoms with van der Waals surface area (Å²) in [7, 11) is 0. The topological polar surface area (TPSA) is 74.5 Å². The van der Waals surface area contributed by atoms with Gasteiger partial charge < -0.3 is 5.73 Å². The molecule has 0 aromatic heterocycles. The van der Waals surface area contributed by atoms with Crippen LogP contribution in [0.4, 0.5) is 0 Å². The highest BCUT2D eigenvalue weighted by Gasteiger charge is 2.14. The first kappa shape index (κ1) is 17.1. The first-order valence-electron chi connectivity index (χ1n) is 7.10. The average Bonchev–Trinajstić information content (AvgIpc) is 2.35. The molecule has 18 heavy (non-hydrogen) atoms. The van der Waals surface area contributed by atoms with Crippen molar-refractivity contribution >= 4 is 0 Å². The molecule has 104 valence electrons. The molecular formula is C14H28N4. The van der Waals surface area contributed by atoms with Crippen molar-refractivity contribution in [2.45, 2.75) is 83.8 Å². The van der Waals surface area contributed by atoms with Gasteiger partial charge in [-0.05, 0) is 26.7 Å². The summed E-state index contributed by atoms with van der Waals surface area (Å²) in [6.45, 7) is 5.70. The summed E-state index contributed by atoms with van der Waals surface area (Å²) in [6, 6.07) is 2.08. The summed E-state index contributed by atoms with van der Waals surface area (Å²) in [5.74, 6) is 0. The molecular weight excluding hydrogens is 224 g/mol. The van der Waals surface area contributed by atoms with E-state index in [0.717, 1.165) is 12.8 Å². The minimum absolute atomic E-state index is 0.256. The molecule has 0 aromatic carbocycles. The molecule has 1 unspecified atom stereocenters. The van der Waals surface area contributed by atoms with Crippen molar-refractivity contribution in [3.8, 4) is 6.07 Å². The zero-order valence-electron chi connectivity index (χ0n) is 12.2. The van der Waals surface area contributed by atoms with Gasteiger partial charge in [0.15, 0.2) is 5.54 Å². The quantitative estimate of drug-likeness (QED) is 0.468. The van der Waals surface area contributed by atoms with Crippen LogP contribution in [0.5, 0.6) is 0 Å². The van der Waals surface area contributed by atoms with Crippen molar-refractivity contribution in [1.29, 1.82) is 5.26 Å². The number of azo groups is 1. The number of unbranched alkanes of at least 4 members (excludes halogenated alkanes) is 6. The van der Waals surface area contributed by atoms with E-state index in [9.17, 15) is 0 Å². The first-order chi connectivity index (χ1) is 8.52. The van der Waals surface area contributed by atoms with E-state index in [0.29, 0.717) is 0 Å². The van der Waals surface area contributed by atoms with Gasteiger partial charge in [0.25, 0.3) is 0 Å². The smallest absolute Gasteiger partial charge is 0.162 e. The summed E-state index contributed by atoms with van der Waals surface area (Å²) in [6.07, 6.45) is 9.51. The van der Waals surface area contributed by atoms with Gasteiger partial charge in [0.1, 0.15) is 6.17 Å². The lowest BCUT2D eigenvalue weighted by Gasteiger charge is -2.09. The van der Waals surface area contributed by atoms with Crippen molar-refractivity contribution in [3.05, 3.63) is 0 Å². The van der Waals surface area contributed by atoms with Crippen LogP contribution < -0.4 is 5.73 Å². The summed E-state index contributed by atoms with van der Waals surface area (Å²) < 4.78 is 0. The van der Waals surface area contributed by atoms with E-state index >= 15 is 0 Å². The van der Waals surface area contributed by atoms with Crippen LogP contribution in [0, 0.1) is 11.3 Å². The summed E-state index contributed by atoms with van der Waals surface area (Å²) in [5, 5.41) is 16.7. The molecule has 0 aliphatic carbocycles. The fourth-order valence-electron chi connectivity index (χ4n) is 1.61. The van der Waals surface area contributed by atoms with Crippen LogP contribution in [0.25, 0.3) is 0 Å². The number of nitriles is 1. The van der Waals surface area contributed by atoms with E-state index in [1.54, 1.807) is 13.8 Å². The Morgan fingerprint density at radius 1 is 1.11 bits per heavy atom. The van der Waals surface area contributed by atoms with Gasteiger partial charge in [-0.1, -0.05) is 45.4 Å². The third-order valence-electron chi connectivity index (χ3n) is 2.83. The highest BCUT2D eigenvalue weighted by molar-refractivity contribution is 4.99. The molecule has 0 radical (unpaired) electrons. The summed E-state index contributed by atoms with van der Waals surface area (Å²) >= 11 is 0. The SMILES string of the molecule is CCCCCCCCCC(N)N=NC(C)(C)C#N. The second kappa shape index (κ2) is 10.0. The van der Waals surface area contributed by atoms with Crippen LogP contribution in [0.3, 0.4) is 0 Å². The lowest BCUT2D eigenvalue weighted by atomic mass is 10.1. The summed E-state index contributed by atoms with van der Waals surface area (Å²) in [5.41, 5.74) is 5.08. The Morgan fingerprint density at radius 2 is 1.67 bits per heavy atom.